The van der Waals surface area contributed by atoms with Crippen LogP contribution in [-0.4, -0.2) is 23.8 Å². The van der Waals surface area contributed by atoms with Crippen molar-refractivity contribution in [2.24, 2.45) is 4.99 Å². The Kier molecular flexibility index (Phi) is 6.37. The zero-order chi connectivity index (χ0) is 27.8. The van der Waals surface area contributed by atoms with E-state index < -0.39 is 0 Å². The molecule has 0 aliphatic heterocycles. The molecule has 4 nitrogen and oxygen atoms in total. The van der Waals surface area contributed by atoms with Crippen LogP contribution in [0.1, 0.15) is 22.3 Å². The zero-order valence-electron chi connectivity index (χ0n) is 22.7. The molecule has 6 rings (SSSR count). The molecular formula is C36H30N4. The summed E-state index contributed by atoms with van der Waals surface area (Å²) in [5.41, 5.74) is 8.28. The molecule has 0 aliphatic rings. The Morgan fingerprint density at radius 1 is 0.825 bits per heavy atom. The quantitative estimate of drug-likeness (QED) is 0.173. The molecule has 4 heteroatoms. The number of anilines is 1. The van der Waals surface area contributed by atoms with Gasteiger partial charge in [-0.25, -0.2) is 4.99 Å². The van der Waals surface area contributed by atoms with Crippen molar-refractivity contribution in [1.29, 1.82) is 5.41 Å². The maximum atomic E-state index is 8.49. The van der Waals surface area contributed by atoms with Crippen molar-refractivity contribution >= 4 is 62.6 Å². The average Bonchev–Trinajstić information content (AvgIpc) is 3.34. The summed E-state index contributed by atoms with van der Waals surface area (Å²) in [6.45, 7) is 10.2. The summed E-state index contributed by atoms with van der Waals surface area (Å²) in [6, 6.07) is 33.3. The minimum atomic E-state index is 0.222. The third-order valence-electron chi connectivity index (χ3n) is 7.52. The number of hydrogen-bond acceptors (Lipinski definition) is 1. The fourth-order valence-electron chi connectivity index (χ4n) is 5.61. The highest BCUT2D eigenvalue weighted by atomic mass is 15.2. The van der Waals surface area contributed by atoms with Gasteiger partial charge in [-0.3, -0.25) is 5.41 Å². The number of aliphatic imine (C=N–C) groups is 1. The molecule has 0 saturated heterocycles. The van der Waals surface area contributed by atoms with Gasteiger partial charge in [-0.15, -0.1) is 0 Å². The van der Waals surface area contributed by atoms with Crippen LogP contribution in [0.3, 0.4) is 0 Å². The highest BCUT2D eigenvalue weighted by Gasteiger charge is 2.21. The molecule has 1 heterocycles. The van der Waals surface area contributed by atoms with Crippen molar-refractivity contribution in [2.75, 3.05) is 11.9 Å². The molecule has 0 radical (unpaired) electrons. The van der Waals surface area contributed by atoms with Crippen LogP contribution in [0.25, 0.3) is 50.4 Å². The van der Waals surface area contributed by atoms with Crippen molar-refractivity contribution in [3.63, 3.8) is 0 Å². The van der Waals surface area contributed by atoms with Crippen LogP contribution in [0.2, 0.25) is 0 Å². The minimum Gasteiger partial charge on any atom is -0.333 e. The summed E-state index contributed by atoms with van der Waals surface area (Å²) in [4.78, 5) is 6.55. The van der Waals surface area contributed by atoms with Crippen LogP contribution >= 0.6 is 0 Å². The Balaban J connectivity index is 1.65. The Hall–Kier alpha value is -5.22. The van der Waals surface area contributed by atoms with Crippen LogP contribution < -0.4 is 4.90 Å². The van der Waals surface area contributed by atoms with Crippen molar-refractivity contribution in [2.45, 2.75) is 6.92 Å². The van der Waals surface area contributed by atoms with E-state index in [4.69, 9.17) is 5.41 Å². The molecule has 0 fully saturated rings. The van der Waals surface area contributed by atoms with E-state index in [1.54, 1.807) is 6.34 Å². The van der Waals surface area contributed by atoms with Gasteiger partial charge in [-0.2, -0.15) is 0 Å². The number of rotatable bonds is 6. The number of nitrogens with zero attached hydrogens (tertiary/aromatic N) is 3. The Bertz CT molecular complexity index is 1980. The molecule has 40 heavy (non-hydrogen) atoms. The van der Waals surface area contributed by atoms with Gasteiger partial charge in [0.2, 0.25) is 0 Å². The van der Waals surface area contributed by atoms with E-state index in [-0.39, 0.29) is 5.84 Å². The molecule has 194 valence electrons. The second kappa shape index (κ2) is 10.2. The number of aromatic nitrogens is 1. The summed E-state index contributed by atoms with van der Waals surface area (Å²) in [7, 11) is 2.00. The van der Waals surface area contributed by atoms with E-state index in [0.29, 0.717) is 0 Å². The molecular weight excluding hydrogens is 488 g/mol. The van der Waals surface area contributed by atoms with Gasteiger partial charge in [0, 0.05) is 29.1 Å². The SMILES string of the molecule is C=Cc1ccc(-n2c3ccc4ccccc4c3c3ccc(C)c(N(C)C=NC(=N)c4ccccc4)c32)cc1C=C. The number of hydrogen-bond donors (Lipinski definition) is 1. The normalized spacial score (nSPS) is 11.4. The smallest absolute Gasteiger partial charge is 0.153 e. The van der Waals surface area contributed by atoms with Gasteiger partial charge < -0.3 is 9.47 Å². The fraction of sp³-hybridized carbons (Fsp3) is 0.0556. The topological polar surface area (TPSA) is 44.4 Å². The van der Waals surface area contributed by atoms with Crippen molar-refractivity contribution in [3.05, 3.63) is 132 Å². The molecule has 1 N–H and O–H groups in total. The lowest BCUT2D eigenvalue weighted by molar-refractivity contribution is 1.16. The predicted molar refractivity (Wildman–Crippen MR) is 173 cm³/mol. The van der Waals surface area contributed by atoms with Gasteiger partial charge in [0.05, 0.1) is 23.1 Å². The molecule has 0 atom stereocenters. The third-order valence-corrected chi connectivity index (χ3v) is 7.52. The number of aryl methyl sites for hydroxylation is 1. The van der Waals surface area contributed by atoms with Crippen LogP contribution in [0.15, 0.2) is 115 Å². The first-order chi connectivity index (χ1) is 19.5. The highest BCUT2D eigenvalue weighted by molar-refractivity contribution is 6.24. The lowest BCUT2D eigenvalue weighted by atomic mass is 10.0. The second-order valence-corrected chi connectivity index (χ2v) is 9.94. The lowest BCUT2D eigenvalue weighted by Crippen LogP contribution is -2.18. The lowest BCUT2D eigenvalue weighted by Gasteiger charge is -2.20. The first kappa shape index (κ1) is 25.1. The Morgan fingerprint density at radius 3 is 2.35 bits per heavy atom. The molecule has 0 unspecified atom stereocenters. The van der Waals surface area contributed by atoms with Crippen LogP contribution in [0, 0.1) is 12.3 Å². The van der Waals surface area contributed by atoms with Crippen molar-refractivity contribution < 1.29 is 0 Å². The van der Waals surface area contributed by atoms with Gasteiger partial charge in [0.15, 0.2) is 5.84 Å². The van der Waals surface area contributed by atoms with Crippen LogP contribution in [-0.2, 0) is 0 Å². The van der Waals surface area contributed by atoms with Gasteiger partial charge in [0.25, 0.3) is 0 Å². The molecule has 0 aliphatic carbocycles. The number of amidine groups is 1. The minimum absolute atomic E-state index is 0.222. The Labute approximate surface area is 234 Å². The standard InChI is InChI=1S/C36H30N4/c1-5-25-17-19-29(22-26(25)6-2)40-32-21-18-27-12-10-11-15-30(27)33(32)31-20-16-24(3)34(35(31)40)39(4)23-38-36(37)28-13-8-7-9-14-28/h5-23,37H,1-2H2,3-4H3. The van der Waals surface area contributed by atoms with E-state index in [2.05, 4.69) is 96.4 Å². The van der Waals surface area contributed by atoms with E-state index in [1.165, 1.54) is 21.5 Å². The summed E-state index contributed by atoms with van der Waals surface area (Å²) < 4.78 is 2.34. The molecule has 0 spiro atoms. The number of benzene rings is 5. The van der Waals surface area contributed by atoms with Crippen molar-refractivity contribution in [1.82, 2.24) is 4.57 Å². The summed E-state index contributed by atoms with van der Waals surface area (Å²) in [6.07, 6.45) is 5.48. The average molecular weight is 519 g/mol. The molecule has 6 aromatic rings. The maximum Gasteiger partial charge on any atom is 0.153 e. The van der Waals surface area contributed by atoms with Crippen LogP contribution in [0.4, 0.5) is 5.69 Å². The van der Waals surface area contributed by atoms with E-state index in [1.807, 2.05) is 54.4 Å². The first-order valence-electron chi connectivity index (χ1n) is 13.3. The van der Waals surface area contributed by atoms with Gasteiger partial charge in [-0.05, 0) is 52.6 Å². The van der Waals surface area contributed by atoms with Crippen LogP contribution in [0.5, 0.6) is 0 Å². The maximum absolute atomic E-state index is 8.49. The largest absolute Gasteiger partial charge is 0.333 e. The van der Waals surface area contributed by atoms with E-state index >= 15 is 0 Å². The first-order valence-corrected chi connectivity index (χ1v) is 13.3. The molecule has 0 amide bonds. The van der Waals surface area contributed by atoms with E-state index in [9.17, 15) is 0 Å². The molecule has 1 aromatic heterocycles. The predicted octanol–water partition coefficient (Wildman–Crippen LogP) is 9.02. The number of fused-ring (bicyclic) bond motifs is 5. The number of nitrogens with one attached hydrogen (secondary N) is 1. The third kappa shape index (κ3) is 4.11. The van der Waals surface area contributed by atoms with Gasteiger partial charge in [0.1, 0.15) is 0 Å². The van der Waals surface area contributed by atoms with Crippen molar-refractivity contribution in [3.8, 4) is 5.69 Å². The second-order valence-electron chi connectivity index (χ2n) is 9.94. The monoisotopic (exact) mass is 518 g/mol. The zero-order valence-corrected chi connectivity index (χ0v) is 22.7. The summed E-state index contributed by atoms with van der Waals surface area (Å²) in [5.74, 6) is 0.222. The van der Waals surface area contributed by atoms with Gasteiger partial charge in [-0.1, -0.05) is 104 Å². The summed E-state index contributed by atoms with van der Waals surface area (Å²) in [5, 5.41) is 13.3. The van der Waals surface area contributed by atoms with E-state index in [0.717, 1.165) is 44.7 Å². The van der Waals surface area contributed by atoms with Gasteiger partial charge >= 0.3 is 0 Å². The molecule has 5 aromatic carbocycles. The molecule has 0 saturated carbocycles. The molecule has 0 bridgehead atoms. The fourth-order valence-corrected chi connectivity index (χ4v) is 5.61. The Morgan fingerprint density at radius 2 is 1.57 bits per heavy atom. The highest BCUT2D eigenvalue weighted by Crippen LogP contribution is 2.42. The summed E-state index contributed by atoms with van der Waals surface area (Å²) >= 11 is 0.